The molecule has 0 atom stereocenters. The van der Waals surface area contributed by atoms with E-state index < -0.39 is 0 Å². The molecule has 0 aliphatic heterocycles. The van der Waals surface area contributed by atoms with Gasteiger partial charge in [-0.3, -0.25) is 4.79 Å². The second-order valence-corrected chi connectivity index (χ2v) is 6.38. The molecule has 26 heavy (non-hydrogen) atoms. The summed E-state index contributed by atoms with van der Waals surface area (Å²) in [5.74, 6) is -0.170. The Morgan fingerprint density at radius 3 is 2.54 bits per heavy atom. The van der Waals surface area contributed by atoms with E-state index in [-0.39, 0.29) is 5.91 Å². The van der Waals surface area contributed by atoms with E-state index in [2.05, 4.69) is 10.4 Å². The van der Waals surface area contributed by atoms with Gasteiger partial charge >= 0.3 is 0 Å². The molecule has 132 valence electrons. The lowest BCUT2D eigenvalue weighted by molar-refractivity contribution is -0.116. The van der Waals surface area contributed by atoms with Crippen molar-refractivity contribution in [1.82, 2.24) is 15.1 Å². The van der Waals surface area contributed by atoms with Gasteiger partial charge in [0.1, 0.15) is 0 Å². The minimum absolute atomic E-state index is 0.170. The summed E-state index contributed by atoms with van der Waals surface area (Å²) in [7, 11) is 0. The van der Waals surface area contributed by atoms with E-state index in [1.165, 1.54) is 6.08 Å². The molecule has 3 rings (SSSR count). The lowest BCUT2D eigenvalue weighted by Crippen LogP contribution is -2.20. The fourth-order valence-corrected chi connectivity index (χ4v) is 2.96. The molecule has 0 radical (unpaired) electrons. The number of nitrogens with zero attached hydrogens (tertiary/aromatic N) is 2. The lowest BCUT2D eigenvalue weighted by atomic mass is 10.1. The zero-order valence-electron chi connectivity index (χ0n) is 14.7. The zero-order chi connectivity index (χ0) is 18.5. The Hall–Kier alpha value is -2.85. The first-order chi connectivity index (χ1) is 12.6. The third-order valence-electron chi connectivity index (χ3n) is 4.16. The van der Waals surface area contributed by atoms with Crippen LogP contribution in [0.1, 0.15) is 22.5 Å². The van der Waals surface area contributed by atoms with Crippen LogP contribution in [-0.4, -0.2) is 15.7 Å². The number of aromatic nitrogens is 2. The van der Waals surface area contributed by atoms with Crippen LogP contribution < -0.4 is 5.32 Å². The van der Waals surface area contributed by atoms with Crippen molar-refractivity contribution in [2.24, 2.45) is 0 Å². The van der Waals surface area contributed by atoms with E-state index in [0.717, 1.165) is 28.2 Å². The van der Waals surface area contributed by atoms with E-state index in [1.54, 1.807) is 6.08 Å². The standard InChI is InChI=1S/C21H20ClN3O/c1-15-19(16(2)25(24-15)18-9-4-3-5-10-18)12-13-21(26)23-14-17-8-6-7-11-20(17)22/h3-13H,14H2,1-2H3,(H,23,26)/b13-12+. The third kappa shape index (κ3) is 4.03. The molecule has 0 saturated carbocycles. The summed E-state index contributed by atoms with van der Waals surface area (Å²) in [6.45, 7) is 4.33. The molecule has 0 unspecified atom stereocenters. The molecular weight excluding hydrogens is 346 g/mol. The van der Waals surface area contributed by atoms with Crippen LogP contribution in [0.4, 0.5) is 0 Å². The number of nitrogens with one attached hydrogen (secondary N) is 1. The predicted molar refractivity (Wildman–Crippen MR) is 105 cm³/mol. The Balaban J connectivity index is 1.71. The molecule has 5 heteroatoms. The summed E-state index contributed by atoms with van der Waals surface area (Å²) in [4.78, 5) is 12.1. The van der Waals surface area contributed by atoms with Gasteiger partial charge in [0, 0.05) is 28.9 Å². The van der Waals surface area contributed by atoms with Crippen LogP contribution in [0.2, 0.25) is 5.02 Å². The van der Waals surface area contributed by atoms with Gasteiger partial charge in [0.05, 0.1) is 11.4 Å². The molecule has 0 aliphatic carbocycles. The van der Waals surface area contributed by atoms with Crippen LogP contribution >= 0.6 is 11.6 Å². The molecule has 1 heterocycles. The number of benzene rings is 2. The molecule has 3 aromatic rings. The normalized spacial score (nSPS) is 11.0. The molecule has 0 spiro atoms. The van der Waals surface area contributed by atoms with Crippen LogP contribution in [0.3, 0.4) is 0 Å². The summed E-state index contributed by atoms with van der Waals surface area (Å²) in [5, 5.41) is 8.08. The number of amides is 1. The summed E-state index contributed by atoms with van der Waals surface area (Å²) in [5.41, 5.74) is 4.70. The molecule has 1 N–H and O–H groups in total. The highest BCUT2D eigenvalue weighted by atomic mass is 35.5. The van der Waals surface area contributed by atoms with E-state index in [1.807, 2.05) is 73.1 Å². The maximum Gasteiger partial charge on any atom is 0.244 e. The average molecular weight is 366 g/mol. The summed E-state index contributed by atoms with van der Waals surface area (Å²) in [6.07, 6.45) is 3.34. The molecule has 0 saturated heterocycles. The van der Waals surface area contributed by atoms with Crippen molar-refractivity contribution in [3.63, 3.8) is 0 Å². The molecule has 2 aromatic carbocycles. The topological polar surface area (TPSA) is 46.9 Å². The molecule has 0 aliphatic rings. The fraction of sp³-hybridized carbons (Fsp3) is 0.143. The predicted octanol–water partition coefficient (Wildman–Crippen LogP) is 4.47. The summed E-state index contributed by atoms with van der Waals surface area (Å²) >= 11 is 6.10. The molecule has 1 amide bonds. The molecule has 0 fully saturated rings. The van der Waals surface area contributed by atoms with Crippen LogP contribution in [-0.2, 0) is 11.3 Å². The second kappa shape index (κ2) is 8.02. The van der Waals surface area contributed by atoms with Crippen molar-refractivity contribution in [3.8, 4) is 5.69 Å². The Kier molecular flexibility index (Phi) is 5.54. The Bertz CT molecular complexity index is 945. The first-order valence-corrected chi connectivity index (χ1v) is 8.75. The number of carbonyl (C=O) groups excluding carboxylic acids is 1. The van der Waals surface area contributed by atoms with Crippen molar-refractivity contribution < 1.29 is 4.79 Å². The van der Waals surface area contributed by atoms with Gasteiger partial charge in [0.2, 0.25) is 5.91 Å². The van der Waals surface area contributed by atoms with E-state index in [4.69, 9.17) is 11.6 Å². The Morgan fingerprint density at radius 1 is 1.12 bits per heavy atom. The molecule has 0 bridgehead atoms. The monoisotopic (exact) mass is 365 g/mol. The van der Waals surface area contributed by atoms with E-state index in [9.17, 15) is 4.79 Å². The van der Waals surface area contributed by atoms with Gasteiger partial charge in [0.25, 0.3) is 0 Å². The van der Waals surface area contributed by atoms with Gasteiger partial charge in [-0.15, -0.1) is 0 Å². The number of hydrogen-bond donors (Lipinski definition) is 1. The SMILES string of the molecule is Cc1nn(-c2ccccc2)c(C)c1/C=C/C(=O)NCc1ccccc1Cl. The maximum absolute atomic E-state index is 12.1. The van der Waals surface area contributed by atoms with E-state index in [0.29, 0.717) is 11.6 Å². The maximum atomic E-state index is 12.1. The van der Waals surface area contributed by atoms with Crippen LogP contribution in [0.25, 0.3) is 11.8 Å². The minimum Gasteiger partial charge on any atom is -0.348 e. The number of carbonyl (C=O) groups is 1. The number of hydrogen-bond acceptors (Lipinski definition) is 2. The number of aryl methyl sites for hydroxylation is 1. The van der Waals surface area contributed by atoms with Crippen molar-refractivity contribution in [3.05, 3.63) is 88.2 Å². The molecular formula is C21H20ClN3O. The first-order valence-electron chi connectivity index (χ1n) is 8.37. The van der Waals surface area contributed by atoms with Crippen LogP contribution in [0, 0.1) is 13.8 Å². The van der Waals surface area contributed by atoms with Crippen molar-refractivity contribution in [2.75, 3.05) is 0 Å². The second-order valence-electron chi connectivity index (χ2n) is 5.97. The quantitative estimate of drug-likeness (QED) is 0.678. The number of para-hydroxylation sites is 1. The van der Waals surface area contributed by atoms with Crippen molar-refractivity contribution >= 4 is 23.6 Å². The smallest absolute Gasteiger partial charge is 0.244 e. The van der Waals surface area contributed by atoms with Gasteiger partial charge < -0.3 is 5.32 Å². The first kappa shape index (κ1) is 18.0. The highest BCUT2D eigenvalue weighted by Gasteiger charge is 2.10. The minimum atomic E-state index is -0.170. The average Bonchev–Trinajstić information content (AvgIpc) is 2.94. The highest BCUT2D eigenvalue weighted by Crippen LogP contribution is 2.19. The van der Waals surface area contributed by atoms with Gasteiger partial charge in [-0.2, -0.15) is 5.10 Å². The molecule has 1 aromatic heterocycles. The largest absolute Gasteiger partial charge is 0.348 e. The van der Waals surface area contributed by atoms with Crippen molar-refractivity contribution in [2.45, 2.75) is 20.4 Å². The number of halogens is 1. The van der Waals surface area contributed by atoms with Gasteiger partial charge in [-0.05, 0) is 43.7 Å². The van der Waals surface area contributed by atoms with Crippen molar-refractivity contribution in [1.29, 1.82) is 0 Å². The number of rotatable bonds is 5. The zero-order valence-corrected chi connectivity index (χ0v) is 15.5. The van der Waals surface area contributed by atoms with Gasteiger partial charge in [-0.25, -0.2) is 4.68 Å². The van der Waals surface area contributed by atoms with E-state index >= 15 is 0 Å². The lowest BCUT2D eigenvalue weighted by Gasteiger charge is -2.05. The van der Waals surface area contributed by atoms with Crippen LogP contribution in [0.5, 0.6) is 0 Å². The summed E-state index contributed by atoms with van der Waals surface area (Å²) < 4.78 is 1.89. The highest BCUT2D eigenvalue weighted by molar-refractivity contribution is 6.31. The van der Waals surface area contributed by atoms with Gasteiger partial charge in [0.15, 0.2) is 0 Å². The molecule has 4 nitrogen and oxygen atoms in total. The van der Waals surface area contributed by atoms with Gasteiger partial charge in [-0.1, -0.05) is 48.0 Å². The van der Waals surface area contributed by atoms with Crippen LogP contribution in [0.15, 0.2) is 60.7 Å². The Labute approximate surface area is 158 Å². The fourth-order valence-electron chi connectivity index (χ4n) is 2.76. The summed E-state index contributed by atoms with van der Waals surface area (Å²) in [6, 6.07) is 17.4. The third-order valence-corrected chi connectivity index (χ3v) is 4.53. The Morgan fingerprint density at radius 2 is 1.81 bits per heavy atom.